The van der Waals surface area contributed by atoms with Crippen LogP contribution in [0.15, 0.2) is 54.6 Å². The summed E-state index contributed by atoms with van der Waals surface area (Å²) in [7, 11) is 0. The molecule has 0 aliphatic carbocycles. The van der Waals surface area contributed by atoms with E-state index in [1.165, 1.54) is 5.56 Å². The van der Waals surface area contributed by atoms with Crippen LogP contribution in [0.25, 0.3) is 0 Å². The van der Waals surface area contributed by atoms with Gasteiger partial charge in [-0.1, -0.05) is 30.3 Å². The average Bonchev–Trinajstić information content (AvgIpc) is 3.16. The predicted molar refractivity (Wildman–Crippen MR) is 104 cm³/mol. The lowest BCUT2D eigenvalue weighted by Crippen LogP contribution is -2.46. The average molecular weight is 379 g/mol. The Balaban J connectivity index is 1.34. The fourth-order valence-electron chi connectivity index (χ4n) is 3.36. The molecule has 0 saturated carbocycles. The number of aromatic nitrogens is 4. The van der Waals surface area contributed by atoms with E-state index in [1.54, 1.807) is 12.1 Å². The van der Waals surface area contributed by atoms with Gasteiger partial charge in [0.25, 0.3) is 5.69 Å². The second kappa shape index (κ2) is 8.13. The highest BCUT2D eigenvalue weighted by atomic mass is 16.6. The molecule has 0 unspecified atom stereocenters. The number of benzene rings is 2. The number of nitro groups is 1. The molecule has 1 fully saturated rings. The molecule has 1 aliphatic heterocycles. The third kappa shape index (κ3) is 4.15. The highest BCUT2D eigenvalue weighted by Crippen LogP contribution is 2.21. The molecule has 2 heterocycles. The minimum absolute atomic E-state index is 0.118. The molecule has 2 aromatic carbocycles. The molecule has 9 heteroatoms. The highest BCUT2D eigenvalue weighted by Gasteiger charge is 2.20. The molecule has 0 atom stereocenters. The summed E-state index contributed by atoms with van der Waals surface area (Å²) in [5, 5.41) is 23.0. The molecule has 0 spiro atoms. The predicted octanol–water partition coefficient (Wildman–Crippen LogP) is 1.95. The van der Waals surface area contributed by atoms with Crippen molar-refractivity contribution in [2.45, 2.75) is 13.1 Å². The SMILES string of the molecule is O=[N+]([O-])c1ccc(N2CCN(Cc3nnnn3Cc3ccccc3)CC2)cc1. The van der Waals surface area contributed by atoms with E-state index in [4.69, 9.17) is 0 Å². The molecule has 0 bridgehead atoms. The van der Waals surface area contributed by atoms with Crippen LogP contribution in [0.3, 0.4) is 0 Å². The first kappa shape index (κ1) is 18.1. The van der Waals surface area contributed by atoms with Crippen LogP contribution in [-0.4, -0.2) is 56.2 Å². The molecule has 144 valence electrons. The maximum atomic E-state index is 10.8. The van der Waals surface area contributed by atoms with Crippen molar-refractivity contribution in [3.8, 4) is 0 Å². The Kier molecular flexibility index (Phi) is 5.24. The van der Waals surface area contributed by atoms with Crippen LogP contribution in [0.2, 0.25) is 0 Å². The summed E-state index contributed by atoms with van der Waals surface area (Å²) in [6.45, 7) is 4.85. The minimum atomic E-state index is -0.374. The van der Waals surface area contributed by atoms with Gasteiger partial charge in [0.1, 0.15) is 0 Å². The molecule has 0 amide bonds. The zero-order valence-electron chi connectivity index (χ0n) is 15.4. The topological polar surface area (TPSA) is 93.2 Å². The molecule has 28 heavy (non-hydrogen) atoms. The van der Waals surface area contributed by atoms with E-state index in [9.17, 15) is 10.1 Å². The summed E-state index contributed by atoms with van der Waals surface area (Å²) < 4.78 is 1.85. The molecule has 1 aromatic heterocycles. The number of tetrazole rings is 1. The van der Waals surface area contributed by atoms with E-state index >= 15 is 0 Å². The number of non-ortho nitro benzene ring substituents is 1. The minimum Gasteiger partial charge on any atom is -0.369 e. The van der Waals surface area contributed by atoms with Crippen molar-refractivity contribution in [3.05, 3.63) is 76.1 Å². The van der Waals surface area contributed by atoms with Gasteiger partial charge in [-0.2, -0.15) is 0 Å². The number of hydrogen-bond donors (Lipinski definition) is 0. The molecule has 1 saturated heterocycles. The van der Waals surface area contributed by atoms with E-state index in [1.807, 2.05) is 35.0 Å². The van der Waals surface area contributed by atoms with Crippen molar-refractivity contribution in [3.63, 3.8) is 0 Å². The van der Waals surface area contributed by atoms with Crippen LogP contribution in [0.4, 0.5) is 11.4 Å². The second-order valence-corrected chi connectivity index (χ2v) is 6.78. The van der Waals surface area contributed by atoms with Crippen LogP contribution in [0.1, 0.15) is 11.4 Å². The number of nitro benzene ring substituents is 1. The van der Waals surface area contributed by atoms with Crippen molar-refractivity contribution < 1.29 is 4.92 Å². The number of anilines is 1. The fourth-order valence-corrected chi connectivity index (χ4v) is 3.36. The first-order valence-electron chi connectivity index (χ1n) is 9.20. The Bertz CT molecular complexity index is 919. The van der Waals surface area contributed by atoms with Gasteiger partial charge in [0, 0.05) is 44.0 Å². The molecule has 4 rings (SSSR count). The first-order valence-corrected chi connectivity index (χ1v) is 9.20. The van der Waals surface area contributed by atoms with Gasteiger partial charge in [-0.3, -0.25) is 15.0 Å². The summed E-state index contributed by atoms with van der Waals surface area (Å²) in [5.74, 6) is 0.854. The van der Waals surface area contributed by atoms with Gasteiger partial charge in [-0.15, -0.1) is 5.10 Å². The molecule has 9 nitrogen and oxygen atoms in total. The first-order chi connectivity index (χ1) is 13.7. The lowest BCUT2D eigenvalue weighted by Gasteiger charge is -2.35. The standard InChI is InChI=1S/C19H21N7O2/c27-26(28)18-8-6-17(7-9-18)24-12-10-23(11-13-24)15-19-20-21-22-25(19)14-16-4-2-1-3-5-16/h1-9H,10-15H2. The molecule has 3 aromatic rings. The Morgan fingerprint density at radius 2 is 1.64 bits per heavy atom. The van der Waals surface area contributed by atoms with Crippen molar-refractivity contribution in [2.24, 2.45) is 0 Å². The lowest BCUT2D eigenvalue weighted by atomic mass is 10.2. The molecular weight excluding hydrogens is 358 g/mol. The number of rotatable bonds is 6. The molecule has 0 N–H and O–H groups in total. The Morgan fingerprint density at radius 1 is 0.929 bits per heavy atom. The maximum Gasteiger partial charge on any atom is 0.269 e. The monoisotopic (exact) mass is 379 g/mol. The second-order valence-electron chi connectivity index (χ2n) is 6.78. The molecular formula is C19H21N7O2. The van der Waals surface area contributed by atoms with Crippen molar-refractivity contribution in [1.82, 2.24) is 25.1 Å². The van der Waals surface area contributed by atoms with Crippen molar-refractivity contribution >= 4 is 11.4 Å². The van der Waals surface area contributed by atoms with Gasteiger partial charge >= 0.3 is 0 Å². The lowest BCUT2D eigenvalue weighted by molar-refractivity contribution is -0.384. The third-order valence-electron chi connectivity index (χ3n) is 4.94. The summed E-state index contributed by atoms with van der Waals surface area (Å²) in [6, 6.07) is 16.9. The van der Waals surface area contributed by atoms with Crippen LogP contribution in [0.5, 0.6) is 0 Å². The summed E-state index contributed by atoms with van der Waals surface area (Å²) >= 11 is 0. The van der Waals surface area contributed by atoms with E-state index in [0.29, 0.717) is 13.1 Å². The van der Waals surface area contributed by atoms with E-state index in [-0.39, 0.29) is 10.6 Å². The zero-order chi connectivity index (χ0) is 19.3. The van der Waals surface area contributed by atoms with Crippen molar-refractivity contribution in [1.29, 1.82) is 0 Å². The highest BCUT2D eigenvalue weighted by molar-refractivity contribution is 5.51. The fraction of sp³-hybridized carbons (Fsp3) is 0.316. The van der Waals surface area contributed by atoms with Gasteiger partial charge in [0.2, 0.25) is 0 Å². The maximum absolute atomic E-state index is 10.8. The van der Waals surface area contributed by atoms with Gasteiger partial charge in [-0.05, 0) is 28.1 Å². The van der Waals surface area contributed by atoms with Crippen LogP contribution < -0.4 is 4.90 Å². The van der Waals surface area contributed by atoms with Gasteiger partial charge in [0.05, 0.1) is 18.0 Å². The van der Waals surface area contributed by atoms with E-state index in [0.717, 1.165) is 37.7 Å². The third-order valence-corrected chi connectivity index (χ3v) is 4.94. The Hall–Kier alpha value is -3.33. The Morgan fingerprint density at radius 3 is 2.32 bits per heavy atom. The summed E-state index contributed by atoms with van der Waals surface area (Å²) in [5.41, 5.74) is 2.30. The number of nitrogens with zero attached hydrogens (tertiary/aromatic N) is 7. The smallest absolute Gasteiger partial charge is 0.269 e. The normalized spacial score (nSPS) is 14.9. The quantitative estimate of drug-likeness (QED) is 0.477. The largest absolute Gasteiger partial charge is 0.369 e. The van der Waals surface area contributed by atoms with Crippen molar-refractivity contribution in [2.75, 3.05) is 31.1 Å². The number of piperazine rings is 1. The Labute approximate surface area is 162 Å². The van der Waals surface area contributed by atoms with E-state index < -0.39 is 0 Å². The summed E-state index contributed by atoms with van der Waals surface area (Å²) in [6.07, 6.45) is 0. The molecule has 1 aliphatic rings. The van der Waals surface area contributed by atoms with Gasteiger partial charge in [0.15, 0.2) is 5.82 Å². The van der Waals surface area contributed by atoms with Crippen LogP contribution >= 0.6 is 0 Å². The van der Waals surface area contributed by atoms with Crippen LogP contribution in [-0.2, 0) is 13.1 Å². The van der Waals surface area contributed by atoms with Gasteiger partial charge in [-0.25, -0.2) is 4.68 Å². The van der Waals surface area contributed by atoms with Gasteiger partial charge < -0.3 is 4.90 Å². The zero-order valence-corrected chi connectivity index (χ0v) is 15.4. The van der Waals surface area contributed by atoms with Crippen LogP contribution in [0, 0.1) is 10.1 Å². The molecule has 0 radical (unpaired) electrons. The van der Waals surface area contributed by atoms with E-state index in [2.05, 4.69) is 37.5 Å². The summed E-state index contributed by atoms with van der Waals surface area (Å²) in [4.78, 5) is 15.0. The number of hydrogen-bond acceptors (Lipinski definition) is 7.